The zero-order valence-electron chi connectivity index (χ0n) is 11.2. The first-order valence-electron chi connectivity index (χ1n) is 7.15. The molecule has 4 nitrogen and oxygen atoms in total. The first kappa shape index (κ1) is 12.3. The molecule has 0 spiro atoms. The molecule has 1 aromatic carbocycles. The van der Waals surface area contributed by atoms with Crippen LogP contribution in [0.3, 0.4) is 0 Å². The van der Waals surface area contributed by atoms with E-state index in [0.717, 1.165) is 16.5 Å². The van der Waals surface area contributed by atoms with E-state index in [1.165, 1.54) is 0 Å². The summed E-state index contributed by atoms with van der Waals surface area (Å²) in [6.45, 7) is 1.36. The van der Waals surface area contributed by atoms with Gasteiger partial charge in [-0.2, -0.15) is 0 Å². The molecule has 0 aliphatic carbocycles. The summed E-state index contributed by atoms with van der Waals surface area (Å²) in [6, 6.07) is 10.5. The van der Waals surface area contributed by atoms with Gasteiger partial charge in [-0.3, -0.25) is 4.98 Å². The number of fused-ring (bicyclic) bond motifs is 3. The number of morpholine rings is 1. The molecular weight excluding hydrogens is 252 g/mol. The molecule has 2 bridgehead atoms. The molecule has 1 aromatic heterocycles. The number of hydrogen-bond acceptors (Lipinski definition) is 4. The fourth-order valence-electron chi connectivity index (χ4n) is 3.62. The maximum Gasteiger partial charge on any atom is 0.0948 e. The van der Waals surface area contributed by atoms with Gasteiger partial charge < -0.3 is 15.2 Å². The molecule has 2 saturated heterocycles. The van der Waals surface area contributed by atoms with E-state index in [1.807, 2.05) is 30.3 Å². The van der Waals surface area contributed by atoms with E-state index in [-0.39, 0.29) is 12.1 Å². The highest BCUT2D eigenvalue weighted by Crippen LogP contribution is 2.39. The number of benzene rings is 1. The average Bonchev–Trinajstić information content (AvgIpc) is 2.46. The van der Waals surface area contributed by atoms with Crippen molar-refractivity contribution in [2.75, 3.05) is 13.2 Å². The van der Waals surface area contributed by atoms with Crippen LogP contribution in [-0.4, -0.2) is 35.4 Å². The quantitative estimate of drug-likeness (QED) is 0.826. The number of aromatic nitrogens is 1. The van der Waals surface area contributed by atoms with Crippen molar-refractivity contribution in [2.24, 2.45) is 0 Å². The van der Waals surface area contributed by atoms with E-state index in [2.05, 4.69) is 10.3 Å². The SMILES string of the molecule is OC1(c2cccc3cccnc23)CC2COCC(C1)N2. The Balaban J connectivity index is 1.81. The lowest BCUT2D eigenvalue weighted by atomic mass is 9.77. The highest BCUT2D eigenvalue weighted by atomic mass is 16.5. The van der Waals surface area contributed by atoms with Gasteiger partial charge in [0.2, 0.25) is 0 Å². The minimum atomic E-state index is -0.807. The Kier molecular flexibility index (Phi) is 2.77. The molecule has 2 atom stereocenters. The third-order valence-corrected chi connectivity index (χ3v) is 4.41. The fourth-order valence-corrected chi connectivity index (χ4v) is 3.62. The summed E-state index contributed by atoms with van der Waals surface area (Å²) in [5.41, 5.74) is 1.06. The van der Waals surface area contributed by atoms with Crippen molar-refractivity contribution >= 4 is 10.9 Å². The molecule has 104 valence electrons. The van der Waals surface area contributed by atoms with Gasteiger partial charge in [0.05, 0.1) is 24.3 Å². The van der Waals surface area contributed by atoms with Crippen LogP contribution in [0.5, 0.6) is 0 Å². The minimum absolute atomic E-state index is 0.228. The Hall–Kier alpha value is -1.49. The van der Waals surface area contributed by atoms with Crippen molar-refractivity contribution in [3.8, 4) is 0 Å². The summed E-state index contributed by atoms with van der Waals surface area (Å²) in [7, 11) is 0. The number of nitrogens with zero attached hydrogens (tertiary/aromatic N) is 1. The van der Waals surface area contributed by atoms with Crippen LogP contribution >= 0.6 is 0 Å². The number of ether oxygens (including phenoxy) is 1. The van der Waals surface area contributed by atoms with E-state index >= 15 is 0 Å². The smallest absolute Gasteiger partial charge is 0.0948 e. The summed E-state index contributed by atoms with van der Waals surface area (Å²) in [5.74, 6) is 0. The molecule has 2 N–H and O–H groups in total. The Morgan fingerprint density at radius 3 is 2.70 bits per heavy atom. The first-order chi connectivity index (χ1) is 9.74. The lowest BCUT2D eigenvalue weighted by molar-refractivity contribution is -0.0795. The van der Waals surface area contributed by atoms with Crippen LogP contribution < -0.4 is 5.32 Å². The molecular formula is C16H18N2O2. The Labute approximate surface area is 117 Å². The second-order valence-corrected chi connectivity index (χ2v) is 5.92. The highest BCUT2D eigenvalue weighted by molar-refractivity contribution is 5.82. The van der Waals surface area contributed by atoms with Crippen molar-refractivity contribution in [3.05, 3.63) is 42.1 Å². The number of para-hydroxylation sites is 1. The van der Waals surface area contributed by atoms with Crippen molar-refractivity contribution in [1.82, 2.24) is 10.3 Å². The van der Waals surface area contributed by atoms with E-state index < -0.39 is 5.60 Å². The molecule has 2 aromatic rings. The van der Waals surface area contributed by atoms with Crippen molar-refractivity contribution in [2.45, 2.75) is 30.5 Å². The molecule has 4 heteroatoms. The maximum absolute atomic E-state index is 11.2. The largest absolute Gasteiger partial charge is 0.385 e. The molecule has 3 heterocycles. The summed E-state index contributed by atoms with van der Waals surface area (Å²) in [4.78, 5) is 4.48. The molecule has 20 heavy (non-hydrogen) atoms. The third kappa shape index (κ3) is 1.92. The monoisotopic (exact) mass is 270 g/mol. The van der Waals surface area contributed by atoms with Crippen LogP contribution in [-0.2, 0) is 10.3 Å². The molecule has 0 amide bonds. The molecule has 2 aliphatic rings. The van der Waals surface area contributed by atoms with Crippen LogP contribution in [0, 0.1) is 0 Å². The van der Waals surface area contributed by atoms with Gasteiger partial charge in [0, 0.05) is 29.2 Å². The van der Waals surface area contributed by atoms with Crippen LogP contribution in [0.1, 0.15) is 18.4 Å². The third-order valence-electron chi connectivity index (χ3n) is 4.41. The number of rotatable bonds is 1. The minimum Gasteiger partial charge on any atom is -0.385 e. The summed E-state index contributed by atoms with van der Waals surface area (Å²) < 4.78 is 5.56. The zero-order valence-corrected chi connectivity index (χ0v) is 11.2. The standard InChI is InChI=1S/C16H18N2O2/c19-16(7-12-9-20-10-13(8-16)18-12)14-5-1-3-11-4-2-6-17-15(11)14/h1-6,12-13,18-19H,7-10H2. The maximum atomic E-state index is 11.2. The van der Waals surface area contributed by atoms with E-state index in [4.69, 9.17) is 4.74 Å². The number of aliphatic hydroxyl groups is 1. The Morgan fingerprint density at radius 2 is 1.90 bits per heavy atom. The predicted molar refractivity (Wildman–Crippen MR) is 76.4 cm³/mol. The van der Waals surface area contributed by atoms with Gasteiger partial charge >= 0.3 is 0 Å². The lowest BCUT2D eigenvalue weighted by Crippen LogP contribution is -2.58. The second-order valence-electron chi connectivity index (χ2n) is 5.92. The van der Waals surface area contributed by atoms with Gasteiger partial charge in [0.1, 0.15) is 0 Å². The molecule has 2 aliphatic heterocycles. The van der Waals surface area contributed by atoms with Crippen LogP contribution in [0.2, 0.25) is 0 Å². The van der Waals surface area contributed by atoms with Crippen molar-refractivity contribution < 1.29 is 9.84 Å². The Bertz CT molecular complexity index is 626. The van der Waals surface area contributed by atoms with Crippen LogP contribution in [0.15, 0.2) is 36.5 Å². The van der Waals surface area contributed by atoms with E-state index in [1.54, 1.807) is 6.20 Å². The van der Waals surface area contributed by atoms with Gasteiger partial charge in [0.25, 0.3) is 0 Å². The van der Waals surface area contributed by atoms with Crippen LogP contribution in [0.25, 0.3) is 10.9 Å². The summed E-state index contributed by atoms with van der Waals surface area (Å²) >= 11 is 0. The second kappa shape index (κ2) is 4.52. The predicted octanol–water partition coefficient (Wildman–Crippen LogP) is 1.57. The van der Waals surface area contributed by atoms with Gasteiger partial charge in [-0.05, 0) is 18.9 Å². The molecule has 4 rings (SSSR count). The zero-order chi connectivity index (χ0) is 13.6. The van der Waals surface area contributed by atoms with Gasteiger partial charge in [-0.1, -0.05) is 24.3 Å². The van der Waals surface area contributed by atoms with Gasteiger partial charge in [-0.25, -0.2) is 0 Å². The summed E-state index contributed by atoms with van der Waals surface area (Å²) in [6.07, 6.45) is 3.15. The van der Waals surface area contributed by atoms with E-state index in [0.29, 0.717) is 26.1 Å². The van der Waals surface area contributed by atoms with E-state index in [9.17, 15) is 5.11 Å². The normalized spacial score (nSPS) is 33.2. The number of hydrogen-bond donors (Lipinski definition) is 2. The average molecular weight is 270 g/mol. The summed E-state index contributed by atoms with van der Waals surface area (Å²) in [5, 5.41) is 15.8. The number of nitrogens with one attached hydrogen (secondary N) is 1. The highest BCUT2D eigenvalue weighted by Gasteiger charge is 2.43. The molecule has 0 radical (unpaired) electrons. The van der Waals surface area contributed by atoms with Crippen LogP contribution in [0.4, 0.5) is 0 Å². The first-order valence-corrected chi connectivity index (χ1v) is 7.15. The number of pyridine rings is 1. The van der Waals surface area contributed by atoms with Gasteiger partial charge in [0.15, 0.2) is 0 Å². The molecule has 2 fully saturated rings. The van der Waals surface area contributed by atoms with Crippen molar-refractivity contribution in [1.29, 1.82) is 0 Å². The number of piperidine rings is 1. The fraction of sp³-hybridized carbons (Fsp3) is 0.438. The molecule has 0 saturated carbocycles. The lowest BCUT2D eigenvalue weighted by Gasteiger charge is -2.45. The van der Waals surface area contributed by atoms with Gasteiger partial charge in [-0.15, -0.1) is 0 Å². The molecule has 2 unspecified atom stereocenters. The van der Waals surface area contributed by atoms with Crippen molar-refractivity contribution in [3.63, 3.8) is 0 Å². The Morgan fingerprint density at radius 1 is 1.15 bits per heavy atom. The topological polar surface area (TPSA) is 54.4 Å².